The van der Waals surface area contributed by atoms with Crippen LogP contribution in [0.2, 0.25) is 0 Å². The third kappa shape index (κ3) is 2.36. The van der Waals surface area contributed by atoms with E-state index in [1.165, 1.54) is 18.5 Å². The standard InChI is InChI=1S/C14H22N2OS/c1-4-11-10(3)12(18)16-13(15-11)14(17-5-2)8-6-7-9-14/h4-9H2,1-3H3,(H,15,16,18). The van der Waals surface area contributed by atoms with Gasteiger partial charge in [-0.1, -0.05) is 19.1 Å². The van der Waals surface area contributed by atoms with E-state index in [1.54, 1.807) is 0 Å². The monoisotopic (exact) mass is 266 g/mol. The lowest BCUT2D eigenvalue weighted by molar-refractivity contribution is -0.0459. The Balaban J connectivity index is 2.48. The first-order valence-electron chi connectivity index (χ1n) is 6.87. The molecule has 4 heteroatoms. The number of nitrogens with zero attached hydrogens (tertiary/aromatic N) is 1. The Morgan fingerprint density at radius 3 is 2.56 bits per heavy atom. The lowest BCUT2D eigenvalue weighted by Gasteiger charge is -2.28. The van der Waals surface area contributed by atoms with Crippen molar-refractivity contribution in [1.29, 1.82) is 0 Å². The maximum atomic E-state index is 6.03. The van der Waals surface area contributed by atoms with Gasteiger partial charge in [-0.2, -0.15) is 0 Å². The minimum absolute atomic E-state index is 0.222. The van der Waals surface area contributed by atoms with Crippen LogP contribution in [0.5, 0.6) is 0 Å². The Bertz CT molecular complexity index is 475. The molecule has 1 aromatic rings. The summed E-state index contributed by atoms with van der Waals surface area (Å²) in [4.78, 5) is 8.06. The van der Waals surface area contributed by atoms with Crippen molar-refractivity contribution in [2.24, 2.45) is 0 Å². The van der Waals surface area contributed by atoms with Crippen molar-refractivity contribution >= 4 is 12.2 Å². The highest BCUT2D eigenvalue weighted by molar-refractivity contribution is 7.71. The fraction of sp³-hybridized carbons (Fsp3) is 0.714. The van der Waals surface area contributed by atoms with Crippen molar-refractivity contribution in [1.82, 2.24) is 9.97 Å². The first-order valence-corrected chi connectivity index (χ1v) is 7.28. The largest absolute Gasteiger partial charge is 0.367 e. The van der Waals surface area contributed by atoms with E-state index in [4.69, 9.17) is 17.0 Å². The topological polar surface area (TPSA) is 37.9 Å². The number of aromatic amines is 1. The van der Waals surface area contributed by atoms with Gasteiger partial charge in [0.25, 0.3) is 0 Å². The van der Waals surface area contributed by atoms with Crippen LogP contribution in [0.15, 0.2) is 0 Å². The molecule has 3 nitrogen and oxygen atoms in total. The summed E-state index contributed by atoms with van der Waals surface area (Å²) in [6, 6.07) is 0. The molecular weight excluding hydrogens is 244 g/mol. The number of hydrogen-bond donors (Lipinski definition) is 1. The molecule has 1 heterocycles. The zero-order chi connectivity index (χ0) is 13.2. The van der Waals surface area contributed by atoms with E-state index in [-0.39, 0.29) is 5.60 Å². The number of ether oxygens (including phenoxy) is 1. The highest BCUT2D eigenvalue weighted by Gasteiger charge is 2.38. The van der Waals surface area contributed by atoms with Crippen LogP contribution in [-0.4, -0.2) is 16.6 Å². The third-order valence-corrected chi connectivity index (χ3v) is 4.27. The second-order valence-corrected chi connectivity index (χ2v) is 5.37. The maximum absolute atomic E-state index is 6.03. The molecular formula is C14H22N2OS. The van der Waals surface area contributed by atoms with Gasteiger partial charge in [0.05, 0.1) is 0 Å². The summed E-state index contributed by atoms with van der Waals surface area (Å²) in [6.45, 7) is 6.94. The van der Waals surface area contributed by atoms with E-state index in [9.17, 15) is 0 Å². The summed E-state index contributed by atoms with van der Waals surface area (Å²) in [5.74, 6) is 0.939. The SMILES string of the molecule is CCOC1(c2nc(=S)c(C)c(CC)[nH]2)CCCC1. The predicted octanol–water partition coefficient (Wildman–Crippen LogP) is 3.82. The Labute approximate surface area is 114 Å². The van der Waals surface area contributed by atoms with Crippen LogP contribution in [-0.2, 0) is 16.8 Å². The van der Waals surface area contributed by atoms with Crippen LogP contribution >= 0.6 is 12.2 Å². The zero-order valence-electron chi connectivity index (χ0n) is 11.5. The highest BCUT2D eigenvalue weighted by atomic mass is 32.1. The molecule has 0 spiro atoms. The van der Waals surface area contributed by atoms with E-state index >= 15 is 0 Å². The first kappa shape index (κ1) is 13.7. The predicted molar refractivity (Wildman–Crippen MR) is 75.3 cm³/mol. The number of nitrogens with one attached hydrogen (secondary N) is 1. The smallest absolute Gasteiger partial charge is 0.140 e. The van der Waals surface area contributed by atoms with Gasteiger partial charge in [-0.05, 0) is 46.0 Å². The van der Waals surface area contributed by atoms with Crippen molar-refractivity contribution < 1.29 is 4.74 Å². The molecule has 0 aromatic carbocycles. The molecule has 0 bridgehead atoms. The van der Waals surface area contributed by atoms with E-state index in [0.717, 1.165) is 37.3 Å². The summed E-state index contributed by atoms with van der Waals surface area (Å²) in [5, 5.41) is 0. The second kappa shape index (κ2) is 5.49. The third-order valence-electron chi connectivity index (χ3n) is 3.87. The first-order chi connectivity index (χ1) is 8.63. The molecule has 0 aliphatic heterocycles. The van der Waals surface area contributed by atoms with Crippen molar-refractivity contribution in [2.75, 3.05) is 6.61 Å². The van der Waals surface area contributed by atoms with Crippen LogP contribution in [0, 0.1) is 11.6 Å². The van der Waals surface area contributed by atoms with Crippen molar-refractivity contribution in [2.45, 2.75) is 58.5 Å². The molecule has 0 amide bonds. The number of rotatable bonds is 4. The number of aromatic nitrogens is 2. The normalized spacial score (nSPS) is 18.2. The van der Waals surface area contributed by atoms with Crippen molar-refractivity contribution in [3.05, 3.63) is 21.7 Å². The number of H-pyrrole nitrogens is 1. The number of hydrogen-bond acceptors (Lipinski definition) is 3. The van der Waals surface area contributed by atoms with Gasteiger partial charge in [-0.3, -0.25) is 0 Å². The van der Waals surface area contributed by atoms with Crippen LogP contribution in [0.1, 0.15) is 56.6 Å². The van der Waals surface area contributed by atoms with Gasteiger partial charge in [0.1, 0.15) is 16.1 Å². The van der Waals surface area contributed by atoms with Gasteiger partial charge < -0.3 is 9.72 Å². The molecule has 1 aliphatic carbocycles. The van der Waals surface area contributed by atoms with E-state index in [0.29, 0.717) is 4.64 Å². The Morgan fingerprint density at radius 1 is 1.33 bits per heavy atom. The molecule has 0 unspecified atom stereocenters. The molecule has 1 N–H and O–H groups in total. The summed E-state index contributed by atoms with van der Waals surface area (Å²) in [5.41, 5.74) is 2.07. The minimum atomic E-state index is -0.222. The lowest BCUT2D eigenvalue weighted by Crippen LogP contribution is -2.29. The number of aryl methyl sites for hydroxylation is 1. The molecule has 18 heavy (non-hydrogen) atoms. The molecule has 0 atom stereocenters. The van der Waals surface area contributed by atoms with Crippen LogP contribution in [0.25, 0.3) is 0 Å². The molecule has 1 aliphatic rings. The van der Waals surface area contributed by atoms with E-state index in [1.807, 2.05) is 13.8 Å². The summed E-state index contributed by atoms with van der Waals surface area (Å²) in [7, 11) is 0. The van der Waals surface area contributed by atoms with Crippen LogP contribution in [0.4, 0.5) is 0 Å². The summed E-state index contributed by atoms with van der Waals surface area (Å²) >= 11 is 5.38. The van der Waals surface area contributed by atoms with E-state index < -0.39 is 0 Å². The molecule has 0 radical (unpaired) electrons. The molecule has 1 aromatic heterocycles. The Kier molecular flexibility index (Phi) is 4.17. The van der Waals surface area contributed by atoms with Crippen LogP contribution in [0.3, 0.4) is 0 Å². The Morgan fingerprint density at radius 2 is 2.00 bits per heavy atom. The molecule has 0 saturated heterocycles. The van der Waals surface area contributed by atoms with Gasteiger partial charge in [0, 0.05) is 17.9 Å². The highest BCUT2D eigenvalue weighted by Crippen LogP contribution is 2.40. The fourth-order valence-corrected chi connectivity index (χ4v) is 3.03. The van der Waals surface area contributed by atoms with Gasteiger partial charge in [-0.15, -0.1) is 0 Å². The lowest BCUT2D eigenvalue weighted by atomic mass is 10.0. The zero-order valence-corrected chi connectivity index (χ0v) is 12.3. The van der Waals surface area contributed by atoms with E-state index in [2.05, 4.69) is 16.9 Å². The maximum Gasteiger partial charge on any atom is 0.140 e. The quantitative estimate of drug-likeness (QED) is 0.842. The minimum Gasteiger partial charge on any atom is -0.367 e. The van der Waals surface area contributed by atoms with Crippen LogP contribution < -0.4 is 0 Å². The van der Waals surface area contributed by atoms with Gasteiger partial charge in [-0.25, -0.2) is 4.98 Å². The van der Waals surface area contributed by atoms with Crippen molar-refractivity contribution in [3.63, 3.8) is 0 Å². The molecule has 100 valence electrons. The average Bonchev–Trinajstić information content (AvgIpc) is 2.82. The van der Waals surface area contributed by atoms with Gasteiger partial charge in [0.15, 0.2) is 0 Å². The second-order valence-electron chi connectivity index (χ2n) is 4.98. The molecule has 1 saturated carbocycles. The summed E-state index contributed by atoms with van der Waals surface area (Å²) in [6.07, 6.45) is 5.46. The molecule has 2 rings (SSSR count). The Hall–Kier alpha value is -0.740. The van der Waals surface area contributed by atoms with Crippen molar-refractivity contribution in [3.8, 4) is 0 Å². The fourth-order valence-electron chi connectivity index (χ4n) is 2.82. The van der Waals surface area contributed by atoms with Gasteiger partial charge >= 0.3 is 0 Å². The summed E-state index contributed by atoms with van der Waals surface area (Å²) < 4.78 is 6.75. The average molecular weight is 266 g/mol. The molecule has 1 fully saturated rings. The van der Waals surface area contributed by atoms with Gasteiger partial charge in [0.2, 0.25) is 0 Å².